The minimum absolute atomic E-state index is 0.0170. The molecule has 2 rings (SSSR count). The average molecular weight is 477 g/mol. The van der Waals surface area contributed by atoms with E-state index in [-0.39, 0.29) is 27.8 Å². The van der Waals surface area contributed by atoms with E-state index in [2.05, 4.69) is 14.8 Å². The lowest BCUT2D eigenvalue weighted by molar-refractivity contribution is -0.147. The fraction of sp³-hybridized carbons (Fsp3) is 0.263. The molecule has 2 aromatic carbocycles. The molecule has 168 valence electrons. The van der Waals surface area contributed by atoms with Gasteiger partial charge in [-0.2, -0.15) is 8.78 Å². The predicted octanol–water partition coefficient (Wildman–Crippen LogP) is 2.96. The second-order valence-electron chi connectivity index (χ2n) is 6.08. The molecule has 0 heterocycles. The van der Waals surface area contributed by atoms with E-state index in [0.29, 0.717) is 6.42 Å². The molecular weight excluding hydrogens is 458 g/mol. The number of hydrogen-bond donors (Lipinski definition) is 2. The molecule has 2 aromatic rings. The van der Waals surface area contributed by atoms with Crippen LogP contribution >= 0.6 is 11.6 Å². The fourth-order valence-corrected chi connectivity index (χ4v) is 3.34. The molecule has 1 amide bonds. The van der Waals surface area contributed by atoms with Crippen LogP contribution in [-0.2, 0) is 30.8 Å². The molecule has 2 N–H and O–H groups in total. The molecule has 0 saturated heterocycles. The van der Waals surface area contributed by atoms with E-state index in [0.717, 1.165) is 5.56 Å². The largest absolute Gasteiger partial charge is 0.456 e. The van der Waals surface area contributed by atoms with Crippen LogP contribution in [0.4, 0.5) is 14.5 Å². The van der Waals surface area contributed by atoms with Crippen molar-refractivity contribution >= 4 is 39.2 Å². The maximum Gasteiger partial charge on any atom is 0.387 e. The first-order valence-corrected chi connectivity index (χ1v) is 10.7. The van der Waals surface area contributed by atoms with Gasteiger partial charge in [0.05, 0.1) is 9.92 Å². The third-order valence-corrected chi connectivity index (χ3v) is 5.64. The summed E-state index contributed by atoms with van der Waals surface area (Å²) in [6, 6.07) is 9.69. The monoisotopic (exact) mass is 476 g/mol. The summed E-state index contributed by atoms with van der Waals surface area (Å²) < 4.78 is 59.0. The Bertz CT molecular complexity index is 1030. The molecular formula is C19H19ClF2N2O6S. The highest BCUT2D eigenvalue weighted by Crippen LogP contribution is 2.28. The number of carbonyl (C=O) groups excluding carboxylic acids is 2. The molecule has 12 heteroatoms. The van der Waals surface area contributed by atoms with Gasteiger partial charge < -0.3 is 14.8 Å². The van der Waals surface area contributed by atoms with Crippen molar-refractivity contribution in [3.8, 4) is 5.75 Å². The molecule has 31 heavy (non-hydrogen) atoms. The minimum atomic E-state index is -3.54. The number of aryl methyl sites for hydroxylation is 1. The molecule has 0 fully saturated rings. The Labute approximate surface area is 182 Å². The lowest BCUT2D eigenvalue weighted by Crippen LogP contribution is -2.21. The summed E-state index contributed by atoms with van der Waals surface area (Å²) in [7, 11) is -2.23. The quantitative estimate of drug-likeness (QED) is 0.510. The zero-order valence-corrected chi connectivity index (χ0v) is 17.8. The van der Waals surface area contributed by atoms with Gasteiger partial charge in [0, 0.05) is 12.1 Å². The van der Waals surface area contributed by atoms with E-state index in [4.69, 9.17) is 16.3 Å². The molecule has 0 radical (unpaired) electrons. The molecule has 0 aliphatic heterocycles. The zero-order chi connectivity index (χ0) is 23.0. The van der Waals surface area contributed by atoms with Gasteiger partial charge in [-0.3, -0.25) is 9.59 Å². The number of sulfonamides is 1. The Hall–Kier alpha value is -2.76. The number of esters is 1. The molecule has 0 aliphatic carbocycles. The standard InChI is InChI=1S/C19H19ClF2N2O6S/c1-23-31(27,28)14-6-2-12(3-7-14)4-9-18(26)29-11-17(25)24-13-5-8-16(15(20)10-13)30-19(21)22/h2-3,5-8,10,19,23H,4,9,11H2,1H3,(H,24,25). The van der Waals surface area contributed by atoms with E-state index in [1.54, 1.807) is 12.1 Å². The Balaban J connectivity index is 1.78. The summed E-state index contributed by atoms with van der Waals surface area (Å²) in [6.45, 7) is -3.58. The van der Waals surface area contributed by atoms with Gasteiger partial charge in [-0.15, -0.1) is 0 Å². The fourth-order valence-electron chi connectivity index (χ4n) is 2.38. The lowest BCUT2D eigenvalue weighted by Gasteiger charge is -2.10. The SMILES string of the molecule is CNS(=O)(=O)c1ccc(CCC(=O)OCC(=O)Nc2ccc(OC(F)F)c(Cl)c2)cc1. The smallest absolute Gasteiger partial charge is 0.387 e. The normalized spacial score (nSPS) is 11.3. The van der Waals surface area contributed by atoms with Crippen LogP contribution in [0.3, 0.4) is 0 Å². The number of nitrogens with one attached hydrogen (secondary N) is 2. The van der Waals surface area contributed by atoms with Gasteiger partial charge in [-0.1, -0.05) is 23.7 Å². The summed E-state index contributed by atoms with van der Waals surface area (Å²) >= 11 is 5.79. The van der Waals surface area contributed by atoms with Crippen molar-refractivity contribution in [2.75, 3.05) is 19.0 Å². The Morgan fingerprint density at radius 3 is 2.39 bits per heavy atom. The summed E-state index contributed by atoms with van der Waals surface area (Å²) in [5.74, 6) is -1.51. The Morgan fingerprint density at radius 2 is 1.81 bits per heavy atom. The van der Waals surface area contributed by atoms with E-state index in [1.165, 1.54) is 37.4 Å². The van der Waals surface area contributed by atoms with Crippen LogP contribution < -0.4 is 14.8 Å². The van der Waals surface area contributed by atoms with Crippen LogP contribution in [0.1, 0.15) is 12.0 Å². The number of halogens is 3. The van der Waals surface area contributed by atoms with Gasteiger partial charge in [0.2, 0.25) is 10.0 Å². The maximum absolute atomic E-state index is 12.2. The highest BCUT2D eigenvalue weighted by atomic mass is 35.5. The molecule has 8 nitrogen and oxygen atoms in total. The van der Waals surface area contributed by atoms with Crippen molar-refractivity contribution in [2.24, 2.45) is 0 Å². The van der Waals surface area contributed by atoms with Crippen molar-refractivity contribution in [2.45, 2.75) is 24.3 Å². The second kappa shape index (κ2) is 11.0. The van der Waals surface area contributed by atoms with Gasteiger partial charge in [0.15, 0.2) is 6.61 Å². The highest BCUT2D eigenvalue weighted by molar-refractivity contribution is 7.89. The topological polar surface area (TPSA) is 111 Å². The van der Waals surface area contributed by atoms with Crippen LogP contribution in [0.5, 0.6) is 5.75 Å². The molecule has 0 atom stereocenters. The minimum Gasteiger partial charge on any atom is -0.456 e. The van der Waals surface area contributed by atoms with Crippen LogP contribution in [0, 0.1) is 0 Å². The second-order valence-corrected chi connectivity index (χ2v) is 8.38. The van der Waals surface area contributed by atoms with E-state index >= 15 is 0 Å². The Morgan fingerprint density at radius 1 is 1.13 bits per heavy atom. The van der Waals surface area contributed by atoms with Crippen LogP contribution in [0.15, 0.2) is 47.4 Å². The van der Waals surface area contributed by atoms with Gasteiger partial charge in [0.25, 0.3) is 5.91 Å². The average Bonchev–Trinajstić information content (AvgIpc) is 2.72. The summed E-state index contributed by atoms with van der Waals surface area (Å²) in [5, 5.41) is 2.29. The number of carbonyl (C=O) groups is 2. The maximum atomic E-state index is 12.2. The molecule has 0 unspecified atom stereocenters. The van der Waals surface area contributed by atoms with Gasteiger partial charge >= 0.3 is 12.6 Å². The number of alkyl halides is 2. The third-order valence-electron chi connectivity index (χ3n) is 3.92. The molecule has 0 aliphatic rings. The number of hydrogen-bond acceptors (Lipinski definition) is 6. The number of ether oxygens (including phenoxy) is 2. The van der Waals surface area contributed by atoms with Crippen molar-refractivity contribution in [3.05, 3.63) is 53.1 Å². The molecule has 0 aromatic heterocycles. The van der Waals surface area contributed by atoms with Crippen molar-refractivity contribution in [1.82, 2.24) is 4.72 Å². The van der Waals surface area contributed by atoms with Crippen molar-refractivity contribution in [3.63, 3.8) is 0 Å². The number of rotatable bonds is 10. The van der Waals surface area contributed by atoms with E-state index in [9.17, 15) is 26.8 Å². The molecule has 0 saturated carbocycles. The summed E-state index contributed by atoms with van der Waals surface area (Å²) in [4.78, 5) is 23.8. The van der Waals surface area contributed by atoms with Gasteiger partial charge in [0.1, 0.15) is 5.75 Å². The zero-order valence-electron chi connectivity index (χ0n) is 16.2. The summed E-state index contributed by atoms with van der Waals surface area (Å²) in [6.07, 6.45) is 0.276. The first-order valence-electron chi connectivity index (χ1n) is 8.83. The number of benzene rings is 2. The Kier molecular flexibility index (Phi) is 8.72. The predicted molar refractivity (Wildman–Crippen MR) is 109 cm³/mol. The van der Waals surface area contributed by atoms with Crippen LogP contribution in [-0.4, -0.2) is 40.6 Å². The third kappa shape index (κ3) is 7.78. The summed E-state index contributed by atoms with van der Waals surface area (Å²) in [5.41, 5.74) is 0.932. The van der Waals surface area contributed by atoms with Crippen molar-refractivity contribution < 1.29 is 36.3 Å². The lowest BCUT2D eigenvalue weighted by atomic mass is 10.1. The van der Waals surface area contributed by atoms with E-state index in [1.807, 2.05) is 0 Å². The first kappa shape index (κ1) is 24.5. The van der Waals surface area contributed by atoms with Crippen molar-refractivity contribution in [1.29, 1.82) is 0 Å². The number of amides is 1. The van der Waals surface area contributed by atoms with Crippen LogP contribution in [0.2, 0.25) is 5.02 Å². The van der Waals surface area contributed by atoms with E-state index < -0.39 is 35.1 Å². The number of anilines is 1. The molecule has 0 spiro atoms. The first-order chi connectivity index (χ1) is 14.6. The van der Waals surface area contributed by atoms with Gasteiger partial charge in [-0.25, -0.2) is 13.1 Å². The van der Waals surface area contributed by atoms with Gasteiger partial charge in [-0.05, 0) is 49.4 Å². The van der Waals surface area contributed by atoms with Crippen LogP contribution in [0.25, 0.3) is 0 Å². The molecule has 0 bridgehead atoms. The highest BCUT2D eigenvalue weighted by Gasteiger charge is 2.13.